The number of imide groups is 1. The smallest absolute Gasteiger partial charge is 0.326 e. The minimum atomic E-state index is -1.95. The van der Waals surface area contributed by atoms with Gasteiger partial charge in [-0.3, -0.25) is 67.2 Å². The lowest BCUT2D eigenvalue weighted by molar-refractivity contribution is -0.160. The first kappa shape index (κ1) is 93.9. The zero-order valence-corrected chi connectivity index (χ0v) is 62.3. The molecule has 103 heavy (non-hydrogen) atoms. The Bertz CT molecular complexity index is 2650. The largest absolute Gasteiger partial charge is 0.480 e. The summed E-state index contributed by atoms with van der Waals surface area (Å²) in [6.45, 7) is 4.08. The molecule has 0 bridgehead atoms. The molecule has 18 N–H and O–H groups in total. The number of likely N-dealkylation sites (tertiary alicyclic amines) is 1. The molecule has 1 aliphatic heterocycles. The number of aliphatic carboxylic acids is 1. The van der Waals surface area contributed by atoms with Gasteiger partial charge in [-0.25, -0.2) is 4.79 Å². The van der Waals surface area contributed by atoms with Crippen LogP contribution in [0.5, 0.6) is 0 Å². The third-order valence-electron chi connectivity index (χ3n) is 17.7. The zero-order valence-electron chi connectivity index (χ0n) is 61.4. The number of carboxylic acid groups (broad SMARTS) is 1. The molecule has 590 valence electrons. The molecule has 1 fully saturated rings. The summed E-state index contributed by atoms with van der Waals surface area (Å²) in [4.78, 5) is 188. The van der Waals surface area contributed by atoms with Crippen LogP contribution in [-0.2, 0) is 67.1 Å². The van der Waals surface area contributed by atoms with Gasteiger partial charge in [0.05, 0.1) is 39.1 Å². The number of nitrogens with two attached hydrogens (primary N) is 1. The molecule has 0 aliphatic carbocycles. The highest BCUT2D eigenvalue weighted by atomic mass is 32.1. The lowest BCUT2D eigenvalue weighted by Crippen LogP contribution is -2.61. The maximum Gasteiger partial charge on any atom is 0.326 e. The fourth-order valence-electron chi connectivity index (χ4n) is 11.3. The van der Waals surface area contributed by atoms with E-state index in [9.17, 15) is 97.8 Å². The van der Waals surface area contributed by atoms with Gasteiger partial charge in [-0.05, 0) is 72.6 Å². The molecule has 0 radical (unpaired) electrons. The van der Waals surface area contributed by atoms with Crippen LogP contribution >= 0.6 is 12.6 Å². The Morgan fingerprint density at radius 3 is 1.23 bits per heavy atom. The molecule has 1 heterocycles. The Balaban J connectivity index is 3.04. The molecule has 12 atom stereocenters. The molecule has 0 spiro atoms. The molecule has 0 aromatic carbocycles. The molecule has 0 aromatic heterocycles. The number of amides is 13. The van der Waals surface area contributed by atoms with Crippen molar-refractivity contribution in [2.45, 2.75) is 300 Å². The van der Waals surface area contributed by atoms with Gasteiger partial charge in [0.2, 0.25) is 70.9 Å². The Labute approximate surface area is 611 Å². The van der Waals surface area contributed by atoms with Gasteiger partial charge in [0.15, 0.2) is 0 Å². The lowest BCUT2D eigenvalue weighted by Gasteiger charge is -2.31. The average molecular weight is 1490 g/mol. The van der Waals surface area contributed by atoms with Gasteiger partial charge >= 0.3 is 5.97 Å². The topological polar surface area (TPSA) is 513 Å². The average Bonchev–Trinajstić information content (AvgIpc) is 1.78. The maximum absolute atomic E-state index is 14.4. The van der Waals surface area contributed by atoms with Crippen molar-refractivity contribution in [3.05, 3.63) is 0 Å². The van der Waals surface area contributed by atoms with Crippen LogP contribution in [0.1, 0.15) is 228 Å². The summed E-state index contributed by atoms with van der Waals surface area (Å²) >= 11 is 3.91. The van der Waals surface area contributed by atoms with Gasteiger partial charge in [0.1, 0.15) is 66.5 Å². The minimum absolute atomic E-state index is 0.0134. The molecule has 13 amide bonds. The molecule has 33 nitrogen and oxygen atoms in total. The normalized spacial score (nSPS) is 15.9. The number of hydrogen-bond acceptors (Lipinski definition) is 21. The molecule has 0 unspecified atom stereocenters. The van der Waals surface area contributed by atoms with Crippen molar-refractivity contribution >= 4 is 95.4 Å². The van der Waals surface area contributed by atoms with Crippen molar-refractivity contribution in [2.75, 3.05) is 51.9 Å². The summed E-state index contributed by atoms with van der Waals surface area (Å²) in [6.07, 6.45) is 23.7. The molecular formula is C69H123N13O20S. The van der Waals surface area contributed by atoms with Gasteiger partial charge in [0, 0.05) is 31.7 Å². The Hall–Kier alpha value is -7.11. The van der Waals surface area contributed by atoms with Crippen molar-refractivity contribution < 1.29 is 97.8 Å². The highest BCUT2D eigenvalue weighted by Gasteiger charge is 2.42. The molecule has 0 aromatic rings. The van der Waals surface area contributed by atoms with E-state index < -0.39 is 182 Å². The third-order valence-corrected chi connectivity index (χ3v) is 18.1. The first-order valence-electron chi connectivity index (χ1n) is 36.9. The quantitative estimate of drug-likeness (QED) is 0.0260. The molecule has 34 heteroatoms. The highest BCUT2D eigenvalue weighted by molar-refractivity contribution is 7.80. The first-order chi connectivity index (χ1) is 49.1. The lowest BCUT2D eigenvalue weighted by atomic mass is 10.0. The van der Waals surface area contributed by atoms with E-state index in [1.54, 1.807) is 0 Å². The first-order valence-corrected chi connectivity index (χ1v) is 37.6. The van der Waals surface area contributed by atoms with E-state index in [1.807, 2.05) is 0 Å². The Morgan fingerprint density at radius 2 is 0.806 bits per heavy atom. The van der Waals surface area contributed by atoms with Crippen LogP contribution in [0.4, 0.5) is 0 Å². The number of rotatable bonds is 57. The van der Waals surface area contributed by atoms with Crippen LogP contribution in [-0.4, -0.2) is 248 Å². The predicted octanol–water partition coefficient (Wildman–Crippen LogP) is -0.864. The van der Waals surface area contributed by atoms with Gasteiger partial charge in [-0.2, -0.15) is 12.6 Å². The summed E-state index contributed by atoms with van der Waals surface area (Å²) < 4.78 is 0. The number of carbonyl (C=O) groups excluding carboxylic acids is 13. The molecule has 1 saturated heterocycles. The van der Waals surface area contributed by atoms with Crippen molar-refractivity contribution in [1.82, 2.24) is 63.0 Å². The van der Waals surface area contributed by atoms with E-state index in [0.29, 0.717) is 30.6 Å². The number of unbranched alkanes of at least 4 members (excludes halogenated alkanes) is 21. The van der Waals surface area contributed by atoms with Gasteiger partial charge in [-0.15, -0.1) is 0 Å². The fraction of sp³-hybridized carbons (Fsp3) is 0.797. The van der Waals surface area contributed by atoms with E-state index in [1.165, 1.54) is 91.9 Å². The summed E-state index contributed by atoms with van der Waals surface area (Å²) in [5, 5.41) is 84.6. The number of carboxylic acids is 1. The number of carbonyl (C=O) groups is 14. The molecular weight excluding hydrogens is 1360 g/mol. The van der Waals surface area contributed by atoms with E-state index in [0.717, 1.165) is 69.1 Å². The van der Waals surface area contributed by atoms with Crippen molar-refractivity contribution in [2.24, 2.45) is 5.73 Å². The zero-order chi connectivity index (χ0) is 77.4. The maximum atomic E-state index is 14.4. The second-order valence-corrected chi connectivity index (χ2v) is 26.9. The fourth-order valence-corrected chi connectivity index (χ4v) is 11.5. The van der Waals surface area contributed by atoms with Crippen LogP contribution in [0.3, 0.4) is 0 Å². The Kier molecular flexibility index (Phi) is 49.7. The Morgan fingerprint density at radius 1 is 0.447 bits per heavy atom. The summed E-state index contributed by atoms with van der Waals surface area (Å²) in [7, 11) is 0. The van der Waals surface area contributed by atoms with Crippen molar-refractivity contribution in [3.8, 4) is 0 Å². The summed E-state index contributed by atoms with van der Waals surface area (Å²) in [5.41, 5.74) is 5.59. The number of nitrogens with one attached hydrogen (secondary N) is 10. The van der Waals surface area contributed by atoms with Crippen LogP contribution in [0, 0.1) is 0 Å². The molecule has 0 saturated carbocycles. The van der Waals surface area contributed by atoms with E-state index in [2.05, 4.69) is 79.6 Å². The second kappa shape index (κ2) is 54.5. The monoisotopic (exact) mass is 1490 g/mol. The predicted molar refractivity (Wildman–Crippen MR) is 384 cm³/mol. The SMILES string of the molecule is CCCCCCCCCCCCCC(=O)NCCCC[C@@H](C(=O)O)N(C(=O)CCCCCCCCCCCCC)C(=O)[C@H](CO)NC(=O)[C@H](CO)NC(=O)[C@@H]1CCCN1C(=O)[C@H](C)NC(=O)[C@H](CO)NC(=O)[C@H](CO)NC(=O)[C@H](C)NC(=O)[C@H](C)NC(=O)[C@H](CO)NC(=O)[C@H](C)NC(=O)[C@@H](N)CS. The van der Waals surface area contributed by atoms with E-state index >= 15 is 0 Å². The standard InChI is InChI=1S/C69H123N13O20S/c1-7-9-11-13-15-17-19-21-23-25-27-34-56(88)71-36-30-29-32-55(69(101)102)82(57(89)35-28-26-24-22-20-18-16-14-12-10-8-2)68(100)53(42-87)80-65(97)52(41-86)79-66(98)54-33-31-37-81(54)67(99)47(6)75-63(95)50(39-84)78-64(96)51(40-85)77-59(91)45(4)72-58(90)44(3)74-62(94)49(38-83)76-60(92)46(5)73-61(93)48(70)43-103/h44-55,83-87,103H,7-43,70H2,1-6H3,(H,71,88)(H,72,90)(H,73,93)(H,74,94)(H,75,95)(H,76,92)(H,77,91)(H,78,96)(H,79,98)(H,80,97)(H,101,102)/t44-,45-,46-,47-,48-,49-,50-,51-,52-,53-,54-,55-/m0/s1. The third kappa shape index (κ3) is 36.9. The second-order valence-electron chi connectivity index (χ2n) is 26.5. The van der Waals surface area contributed by atoms with Crippen LogP contribution in [0.25, 0.3) is 0 Å². The number of thiol groups is 1. The van der Waals surface area contributed by atoms with Crippen LogP contribution < -0.4 is 58.9 Å². The number of nitrogens with zero attached hydrogens (tertiary/aromatic N) is 2. The molecule has 1 rings (SSSR count). The number of aliphatic hydroxyl groups is 5. The van der Waals surface area contributed by atoms with Gasteiger partial charge < -0.3 is 94.4 Å². The number of aliphatic hydroxyl groups excluding tert-OH is 5. The van der Waals surface area contributed by atoms with Crippen molar-refractivity contribution in [1.29, 1.82) is 0 Å². The van der Waals surface area contributed by atoms with E-state index in [4.69, 9.17) is 5.73 Å². The van der Waals surface area contributed by atoms with Crippen LogP contribution in [0.2, 0.25) is 0 Å². The van der Waals surface area contributed by atoms with Gasteiger partial charge in [-0.1, -0.05) is 142 Å². The minimum Gasteiger partial charge on any atom is -0.480 e. The molecule has 1 aliphatic rings. The van der Waals surface area contributed by atoms with Crippen LogP contribution in [0.15, 0.2) is 0 Å². The summed E-state index contributed by atoms with van der Waals surface area (Å²) in [6, 6.07) is -18.6. The number of hydrogen-bond donors (Lipinski definition) is 18. The van der Waals surface area contributed by atoms with E-state index in [-0.39, 0.29) is 56.9 Å². The van der Waals surface area contributed by atoms with Crippen molar-refractivity contribution in [3.63, 3.8) is 0 Å². The summed E-state index contributed by atoms with van der Waals surface area (Å²) in [5.74, 6) is -13.9. The van der Waals surface area contributed by atoms with Gasteiger partial charge in [0.25, 0.3) is 5.91 Å². The highest BCUT2D eigenvalue weighted by Crippen LogP contribution is 2.21.